The second-order valence-corrected chi connectivity index (χ2v) is 8.14. The van der Waals surface area contributed by atoms with Crippen LogP contribution in [-0.4, -0.2) is 74.9 Å². The molecule has 7 nitrogen and oxygen atoms in total. The third-order valence-corrected chi connectivity index (χ3v) is 6.53. The highest BCUT2D eigenvalue weighted by Gasteiger charge is 2.31. The van der Waals surface area contributed by atoms with Gasteiger partial charge in [-0.2, -0.15) is 0 Å². The number of tetrazole rings is 1. The molecule has 7 heteroatoms. The molecule has 3 fully saturated rings. The number of ether oxygens (including phenoxy) is 1. The van der Waals surface area contributed by atoms with Crippen LogP contribution in [0, 0.1) is 0 Å². The smallest absolute Gasteiger partial charge is 0.168 e. The molecular weight excluding hydrogens is 328 g/mol. The van der Waals surface area contributed by atoms with Crippen LogP contribution in [-0.2, 0) is 11.3 Å². The van der Waals surface area contributed by atoms with E-state index in [4.69, 9.17) is 4.74 Å². The van der Waals surface area contributed by atoms with Crippen LogP contribution in [0.2, 0.25) is 0 Å². The Morgan fingerprint density at radius 2 is 1.85 bits per heavy atom. The SMILES string of the molecule is CC[C@H](c1nnnn1C[C@@H]1CCCO1)N1CCN(C2CCCCC2)CC1. The molecule has 1 saturated carbocycles. The summed E-state index contributed by atoms with van der Waals surface area (Å²) < 4.78 is 7.78. The van der Waals surface area contributed by atoms with Crippen molar-refractivity contribution in [3.63, 3.8) is 0 Å². The summed E-state index contributed by atoms with van der Waals surface area (Å²) in [5.74, 6) is 1.02. The monoisotopic (exact) mass is 362 g/mol. The number of hydrogen-bond donors (Lipinski definition) is 0. The summed E-state index contributed by atoms with van der Waals surface area (Å²) in [5, 5.41) is 12.7. The third-order valence-electron chi connectivity index (χ3n) is 6.53. The fourth-order valence-electron chi connectivity index (χ4n) is 5.03. The maximum absolute atomic E-state index is 5.78. The summed E-state index contributed by atoms with van der Waals surface area (Å²) >= 11 is 0. The summed E-state index contributed by atoms with van der Waals surface area (Å²) in [5.41, 5.74) is 0. The van der Waals surface area contributed by atoms with Crippen molar-refractivity contribution in [2.75, 3.05) is 32.8 Å². The van der Waals surface area contributed by atoms with Crippen molar-refractivity contribution < 1.29 is 4.74 Å². The van der Waals surface area contributed by atoms with E-state index in [0.29, 0.717) is 6.04 Å². The summed E-state index contributed by atoms with van der Waals surface area (Å²) in [4.78, 5) is 5.33. The van der Waals surface area contributed by atoms with Crippen LogP contribution < -0.4 is 0 Å². The Hall–Kier alpha value is -1.05. The van der Waals surface area contributed by atoms with E-state index < -0.39 is 0 Å². The standard InChI is InChI=1S/C19H34N6O/c1-2-18(19-20-21-22-25(19)15-17-9-6-14-26-17)24-12-10-23(11-13-24)16-7-4-3-5-8-16/h16-18H,2-15H2,1H3/t17-,18+/m0/s1. The van der Waals surface area contributed by atoms with Gasteiger partial charge in [0.2, 0.25) is 0 Å². The van der Waals surface area contributed by atoms with Crippen molar-refractivity contribution in [3.8, 4) is 0 Å². The summed E-state index contributed by atoms with van der Waals surface area (Å²) in [6, 6.07) is 1.15. The van der Waals surface area contributed by atoms with E-state index in [1.807, 2.05) is 4.68 Å². The largest absolute Gasteiger partial charge is 0.376 e. The topological polar surface area (TPSA) is 59.3 Å². The molecule has 1 aromatic heterocycles. The predicted molar refractivity (Wildman–Crippen MR) is 99.8 cm³/mol. The maximum atomic E-state index is 5.78. The molecule has 1 aromatic rings. The molecule has 0 N–H and O–H groups in total. The second kappa shape index (κ2) is 8.76. The van der Waals surface area contributed by atoms with Gasteiger partial charge in [-0.3, -0.25) is 9.80 Å². The van der Waals surface area contributed by atoms with Gasteiger partial charge in [0.25, 0.3) is 0 Å². The number of hydrogen-bond acceptors (Lipinski definition) is 6. The minimum absolute atomic E-state index is 0.276. The molecule has 146 valence electrons. The zero-order valence-electron chi connectivity index (χ0n) is 16.2. The second-order valence-electron chi connectivity index (χ2n) is 8.14. The number of aromatic nitrogens is 4. The fourth-order valence-corrected chi connectivity index (χ4v) is 5.03. The lowest BCUT2D eigenvalue weighted by Crippen LogP contribution is -2.51. The lowest BCUT2D eigenvalue weighted by Gasteiger charge is -2.42. The van der Waals surface area contributed by atoms with Gasteiger partial charge in [0.05, 0.1) is 18.7 Å². The number of piperazine rings is 1. The first-order chi connectivity index (χ1) is 12.8. The molecule has 2 atom stereocenters. The van der Waals surface area contributed by atoms with Crippen LogP contribution in [0.25, 0.3) is 0 Å². The number of nitrogens with zero attached hydrogens (tertiary/aromatic N) is 6. The average Bonchev–Trinajstić information content (AvgIpc) is 3.37. The molecule has 0 spiro atoms. The average molecular weight is 363 g/mol. The van der Waals surface area contributed by atoms with E-state index in [1.54, 1.807) is 0 Å². The summed E-state index contributed by atoms with van der Waals surface area (Å²) in [6.07, 6.45) is 10.7. The molecule has 0 bridgehead atoms. The first kappa shape index (κ1) is 18.3. The van der Waals surface area contributed by atoms with Gasteiger partial charge in [0.15, 0.2) is 5.82 Å². The van der Waals surface area contributed by atoms with E-state index in [1.165, 1.54) is 45.2 Å². The van der Waals surface area contributed by atoms with Gasteiger partial charge in [-0.1, -0.05) is 26.2 Å². The molecule has 0 aromatic carbocycles. The Morgan fingerprint density at radius 3 is 2.54 bits per heavy atom. The first-order valence-corrected chi connectivity index (χ1v) is 10.7. The van der Waals surface area contributed by atoms with E-state index >= 15 is 0 Å². The van der Waals surface area contributed by atoms with Gasteiger partial charge in [0, 0.05) is 38.8 Å². The van der Waals surface area contributed by atoms with Gasteiger partial charge in [-0.15, -0.1) is 5.10 Å². The summed E-state index contributed by atoms with van der Waals surface area (Å²) in [6.45, 7) is 8.55. The minimum atomic E-state index is 0.276. The Labute approximate surface area is 157 Å². The van der Waals surface area contributed by atoms with Crippen LogP contribution in [0.5, 0.6) is 0 Å². The van der Waals surface area contributed by atoms with Crippen molar-refractivity contribution in [1.29, 1.82) is 0 Å². The van der Waals surface area contributed by atoms with Gasteiger partial charge in [0.1, 0.15) is 0 Å². The first-order valence-electron chi connectivity index (χ1n) is 10.7. The molecule has 26 heavy (non-hydrogen) atoms. The Balaban J connectivity index is 1.36. The van der Waals surface area contributed by atoms with Crippen LogP contribution in [0.15, 0.2) is 0 Å². The Kier molecular flexibility index (Phi) is 6.17. The molecule has 2 aliphatic heterocycles. The van der Waals surface area contributed by atoms with Gasteiger partial charge in [-0.05, 0) is 42.5 Å². The number of rotatable bonds is 6. The molecular formula is C19H34N6O. The zero-order valence-corrected chi connectivity index (χ0v) is 16.2. The van der Waals surface area contributed by atoms with Crippen LogP contribution >= 0.6 is 0 Å². The quantitative estimate of drug-likeness (QED) is 0.774. The van der Waals surface area contributed by atoms with E-state index in [2.05, 4.69) is 32.2 Å². The molecule has 3 aliphatic rings. The maximum Gasteiger partial charge on any atom is 0.168 e. The molecule has 0 amide bonds. The van der Waals surface area contributed by atoms with Gasteiger partial charge >= 0.3 is 0 Å². The molecule has 0 unspecified atom stereocenters. The Morgan fingerprint density at radius 1 is 1.04 bits per heavy atom. The molecule has 4 rings (SSSR count). The lowest BCUT2D eigenvalue weighted by atomic mass is 9.93. The van der Waals surface area contributed by atoms with Crippen molar-refractivity contribution in [2.24, 2.45) is 0 Å². The van der Waals surface area contributed by atoms with Crippen molar-refractivity contribution in [2.45, 2.75) is 83.0 Å². The van der Waals surface area contributed by atoms with Crippen LogP contribution in [0.1, 0.15) is 70.2 Å². The van der Waals surface area contributed by atoms with E-state index in [-0.39, 0.29) is 6.10 Å². The highest BCUT2D eigenvalue weighted by atomic mass is 16.5. The Bertz CT molecular complexity index is 544. The van der Waals surface area contributed by atoms with Gasteiger partial charge < -0.3 is 4.74 Å². The van der Waals surface area contributed by atoms with E-state index in [9.17, 15) is 0 Å². The highest BCUT2D eigenvalue weighted by molar-refractivity contribution is 4.95. The fraction of sp³-hybridized carbons (Fsp3) is 0.947. The minimum Gasteiger partial charge on any atom is -0.376 e. The predicted octanol–water partition coefficient (Wildman–Crippen LogP) is 2.25. The van der Waals surface area contributed by atoms with Crippen molar-refractivity contribution in [3.05, 3.63) is 5.82 Å². The van der Waals surface area contributed by atoms with Crippen molar-refractivity contribution in [1.82, 2.24) is 30.0 Å². The van der Waals surface area contributed by atoms with Gasteiger partial charge in [-0.25, -0.2) is 4.68 Å². The molecule has 2 saturated heterocycles. The summed E-state index contributed by atoms with van der Waals surface area (Å²) in [7, 11) is 0. The van der Waals surface area contributed by atoms with Crippen LogP contribution in [0.3, 0.4) is 0 Å². The highest BCUT2D eigenvalue weighted by Crippen LogP contribution is 2.27. The zero-order chi connectivity index (χ0) is 17.8. The van der Waals surface area contributed by atoms with E-state index in [0.717, 1.165) is 57.4 Å². The molecule has 3 heterocycles. The molecule has 0 radical (unpaired) electrons. The van der Waals surface area contributed by atoms with Crippen molar-refractivity contribution >= 4 is 0 Å². The normalized spacial score (nSPS) is 27.8. The third kappa shape index (κ3) is 4.10. The molecule has 1 aliphatic carbocycles. The lowest BCUT2D eigenvalue weighted by molar-refractivity contribution is 0.0493. The van der Waals surface area contributed by atoms with Crippen LogP contribution in [0.4, 0.5) is 0 Å².